The van der Waals surface area contributed by atoms with Gasteiger partial charge in [0.1, 0.15) is 5.56 Å². The van der Waals surface area contributed by atoms with E-state index in [-0.39, 0.29) is 0 Å². The van der Waals surface area contributed by atoms with Crippen molar-refractivity contribution in [3.05, 3.63) is 35.9 Å². The molecule has 0 amide bonds. The van der Waals surface area contributed by atoms with E-state index in [1.54, 1.807) is 6.20 Å². The molecular formula is C21H27N3O3. The van der Waals surface area contributed by atoms with Crippen LogP contribution in [0, 0.1) is 5.92 Å². The van der Waals surface area contributed by atoms with E-state index in [1.165, 1.54) is 57.5 Å². The van der Waals surface area contributed by atoms with Crippen molar-refractivity contribution < 1.29 is 14.3 Å². The summed E-state index contributed by atoms with van der Waals surface area (Å²) in [6.45, 7) is 0.580. The van der Waals surface area contributed by atoms with Gasteiger partial charge >= 0.3 is 0 Å². The van der Waals surface area contributed by atoms with E-state index in [0.717, 1.165) is 12.7 Å². The van der Waals surface area contributed by atoms with Crippen molar-refractivity contribution in [2.24, 2.45) is 5.92 Å². The lowest BCUT2D eigenvalue weighted by molar-refractivity contribution is 0.111. The van der Waals surface area contributed by atoms with Crippen molar-refractivity contribution in [3.63, 3.8) is 0 Å². The topological polar surface area (TPSA) is 66.2 Å². The molecule has 144 valence electrons. The summed E-state index contributed by atoms with van der Waals surface area (Å²) < 4.78 is 13.6. The number of hydrogen-bond acceptors (Lipinski definition) is 5. The van der Waals surface area contributed by atoms with Crippen molar-refractivity contribution in [3.8, 4) is 11.5 Å². The molecule has 0 aromatic carbocycles. The van der Waals surface area contributed by atoms with Crippen LogP contribution >= 0.6 is 0 Å². The Kier molecular flexibility index (Phi) is 5.41. The zero-order valence-electron chi connectivity index (χ0n) is 15.8. The predicted molar refractivity (Wildman–Crippen MR) is 101 cm³/mol. The molecule has 6 heteroatoms. The summed E-state index contributed by atoms with van der Waals surface area (Å²) in [6.07, 6.45) is 14.4. The quantitative estimate of drug-likeness (QED) is 0.685. The maximum Gasteiger partial charge on any atom is 0.157 e. The average molecular weight is 369 g/mol. The summed E-state index contributed by atoms with van der Waals surface area (Å²) in [5.41, 5.74) is 1.78. The Hall–Kier alpha value is -2.37. The molecule has 2 aliphatic carbocycles. The molecule has 6 nitrogen and oxygen atoms in total. The molecule has 0 saturated heterocycles. The number of carbonyl (C=O) groups is 1. The third-order valence-electron chi connectivity index (χ3n) is 6.12. The molecule has 2 saturated carbocycles. The second-order valence-electron chi connectivity index (χ2n) is 7.62. The molecule has 2 atom stereocenters. The molecule has 0 bridgehead atoms. The van der Waals surface area contributed by atoms with Crippen LogP contribution in [-0.2, 0) is 0 Å². The van der Waals surface area contributed by atoms with Crippen LogP contribution in [0.3, 0.4) is 0 Å². The molecule has 0 spiro atoms. The number of aromatic nitrogens is 3. The van der Waals surface area contributed by atoms with Gasteiger partial charge in [-0.25, -0.2) is 0 Å². The van der Waals surface area contributed by atoms with Crippen LogP contribution in [0.5, 0.6) is 11.5 Å². The molecule has 2 fully saturated rings. The second kappa shape index (κ2) is 8.11. The van der Waals surface area contributed by atoms with E-state index >= 15 is 0 Å². The molecule has 27 heavy (non-hydrogen) atoms. The second-order valence-corrected chi connectivity index (χ2v) is 7.62. The Labute approximate surface area is 159 Å². The monoisotopic (exact) mass is 369 g/mol. The number of hydrogen-bond donors (Lipinski definition) is 0. The minimum absolute atomic E-state index is 0.417. The lowest BCUT2D eigenvalue weighted by Gasteiger charge is -2.35. The first-order valence-corrected chi connectivity index (χ1v) is 9.95. The van der Waals surface area contributed by atoms with Gasteiger partial charge in [0.25, 0.3) is 0 Å². The van der Waals surface area contributed by atoms with Crippen LogP contribution < -0.4 is 9.47 Å². The summed E-state index contributed by atoms with van der Waals surface area (Å²) in [5, 5.41) is 4.62. The third kappa shape index (κ3) is 3.57. The van der Waals surface area contributed by atoms with Gasteiger partial charge in [-0.1, -0.05) is 12.8 Å². The molecular weight excluding hydrogens is 342 g/mol. The lowest BCUT2D eigenvalue weighted by atomic mass is 9.77. The molecule has 2 aliphatic rings. The Bertz CT molecular complexity index is 785. The molecule has 0 radical (unpaired) electrons. The van der Waals surface area contributed by atoms with Gasteiger partial charge in [-0.05, 0) is 38.2 Å². The van der Waals surface area contributed by atoms with E-state index < -0.39 is 0 Å². The fourth-order valence-electron chi connectivity index (χ4n) is 4.37. The van der Waals surface area contributed by atoms with Gasteiger partial charge in [-0.3, -0.25) is 14.5 Å². The van der Waals surface area contributed by atoms with Gasteiger partial charge in [0.15, 0.2) is 17.8 Å². The first-order valence-electron chi connectivity index (χ1n) is 9.95. The highest BCUT2D eigenvalue weighted by Crippen LogP contribution is 2.41. The number of aldehydes is 1. The number of ether oxygens (including phenoxy) is 2. The van der Waals surface area contributed by atoms with E-state index in [9.17, 15) is 4.79 Å². The standard InChI is InChI=1S/C21H27N3O3/c1-26-20-11-22-12-21(18(20)13-25)27-14-15-5-2-3-8-17(15)19-9-10-23-24(19)16-6-4-7-16/h9-13,15-17H,2-8,14H2,1H3. The van der Waals surface area contributed by atoms with Crippen molar-refractivity contribution in [1.29, 1.82) is 0 Å². The van der Waals surface area contributed by atoms with Crippen LogP contribution in [0.2, 0.25) is 0 Å². The molecule has 4 rings (SSSR count). The van der Waals surface area contributed by atoms with Crippen LogP contribution in [-0.4, -0.2) is 34.8 Å². The average Bonchev–Trinajstić information content (AvgIpc) is 3.13. The van der Waals surface area contributed by atoms with Crippen molar-refractivity contribution in [1.82, 2.24) is 14.8 Å². The first kappa shape index (κ1) is 18.0. The lowest BCUT2D eigenvalue weighted by Crippen LogP contribution is -2.28. The van der Waals surface area contributed by atoms with Gasteiger partial charge in [0.2, 0.25) is 0 Å². The number of carbonyl (C=O) groups excluding carboxylic acids is 1. The van der Waals surface area contributed by atoms with E-state index in [4.69, 9.17) is 9.47 Å². The highest BCUT2D eigenvalue weighted by molar-refractivity contribution is 5.83. The minimum atomic E-state index is 0.417. The summed E-state index contributed by atoms with van der Waals surface area (Å²) >= 11 is 0. The van der Waals surface area contributed by atoms with Crippen molar-refractivity contribution >= 4 is 6.29 Å². The van der Waals surface area contributed by atoms with Gasteiger partial charge in [-0.2, -0.15) is 5.10 Å². The predicted octanol–water partition coefficient (Wildman–Crippen LogP) is 4.18. The largest absolute Gasteiger partial charge is 0.494 e. The van der Waals surface area contributed by atoms with Gasteiger partial charge in [0.05, 0.1) is 32.2 Å². The van der Waals surface area contributed by atoms with Gasteiger partial charge < -0.3 is 9.47 Å². The summed E-state index contributed by atoms with van der Waals surface area (Å²) in [4.78, 5) is 15.6. The van der Waals surface area contributed by atoms with Gasteiger partial charge in [-0.15, -0.1) is 0 Å². The number of rotatable bonds is 7. The van der Waals surface area contributed by atoms with Crippen molar-refractivity contribution in [2.75, 3.05) is 13.7 Å². The number of pyridine rings is 1. The summed E-state index contributed by atoms with van der Waals surface area (Å²) in [7, 11) is 1.53. The highest BCUT2D eigenvalue weighted by atomic mass is 16.5. The van der Waals surface area contributed by atoms with E-state index in [2.05, 4.69) is 20.8 Å². The first-order chi connectivity index (χ1) is 13.3. The van der Waals surface area contributed by atoms with Crippen LogP contribution in [0.15, 0.2) is 24.7 Å². The van der Waals surface area contributed by atoms with E-state index in [1.807, 2.05) is 6.20 Å². The molecule has 2 aromatic heterocycles. The fourth-order valence-corrected chi connectivity index (χ4v) is 4.37. The molecule has 0 aliphatic heterocycles. The zero-order chi connectivity index (χ0) is 18.6. The smallest absolute Gasteiger partial charge is 0.157 e. The Morgan fingerprint density at radius 3 is 2.70 bits per heavy atom. The van der Waals surface area contributed by atoms with Crippen LogP contribution in [0.4, 0.5) is 0 Å². The van der Waals surface area contributed by atoms with Crippen LogP contribution in [0.1, 0.15) is 73.0 Å². The summed E-state index contributed by atoms with van der Waals surface area (Å²) in [5.74, 6) is 1.83. The normalized spacial score (nSPS) is 22.9. The minimum Gasteiger partial charge on any atom is -0.494 e. The number of nitrogens with zero attached hydrogens (tertiary/aromatic N) is 3. The molecule has 2 heterocycles. The van der Waals surface area contributed by atoms with Crippen molar-refractivity contribution in [2.45, 2.75) is 56.9 Å². The highest BCUT2D eigenvalue weighted by Gasteiger charge is 2.32. The summed E-state index contributed by atoms with van der Waals surface area (Å²) in [6, 6.07) is 2.76. The molecule has 0 N–H and O–H groups in total. The Morgan fingerprint density at radius 2 is 1.96 bits per heavy atom. The van der Waals surface area contributed by atoms with Crippen LogP contribution in [0.25, 0.3) is 0 Å². The third-order valence-corrected chi connectivity index (χ3v) is 6.12. The Morgan fingerprint density at radius 1 is 1.15 bits per heavy atom. The molecule has 2 aromatic rings. The maximum atomic E-state index is 11.5. The van der Waals surface area contributed by atoms with Gasteiger partial charge in [0, 0.05) is 23.7 Å². The SMILES string of the molecule is COc1cncc(OCC2CCCCC2c2ccnn2C2CCC2)c1C=O. The van der Waals surface area contributed by atoms with E-state index in [0.29, 0.717) is 41.5 Å². The maximum absolute atomic E-state index is 11.5. The Balaban J connectivity index is 1.51. The fraction of sp³-hybridized carbons (Fsp3) is 0.571. The molecule has 2 unspecified atom stereocenters. The zero-order valence-corrected chi connectivity index (χ0v) is 15.8. The number of methoxy groups -OCH3 is 1.